The fourth-order valence-electron chi connectivity index (χ4n) is 3.17. The van der Waals surface area contributed by atoms with Gasteiger partial charge in [0.25, 0.3) is 0 Å². The van der Waals surface area contributed by atoms with Crippen LogP contribution in [0.1, 0.15) is 25.0 Å². The highest BCUT2D eigenvalue weighted by molar-refractivity contribution is 5.83. The van der Waals surface area contributed by atoms with E-state index in [4.69, 9.17) is 0 Å². The van der Waals surface area contributed by atoms with Crippen LogP contribution in [0.5, 0.6) is 0 Å². The highest BCUT2D eigenvalue weighted by atomic mass is 16.3. The Morgan fingerprint density at radius 1 is 1.09 bits per heavy atom. The number of aliphatic hydroxyl groups excluding tert-OH is 1. The minimum atomic E-state index is -0.439. The number of piperazine rings is 1. The smallest absolute Gasteiger partial charge is 0.219 e. The summed E-state index contributed by atoms with van der Waals surface area (Å²) in [5.74, 6) is 0.154. The number of fused-ring (bicyclic) bond motifs is 1. The van der Waals surface area contributed by atoms with E-state index in [-0.39, 0.29) is 5.91 Å². The Labute approximate surface area is 137 Å². The van der Waals surface area contributed by atoms with Crippen molar-refractivity contribution in [3.8, 4) is 0 Å². The molecule has 1 amide bonds. The average molecular weight is 312 g/mol. The molecule has 1 atom stereocenters. The molecule has 0 radical (unpaired) electrons. The topological polar surface area (TPSA) is 43.8 Å². The van der Waals surface area contributed by atoms with Gasteiger partial charge in [0.1, 0.15) is 0 Å². The minimum Gasteiger partial charge on any atom is -0.388 e. The molecule has 1 fully saturated rings. The quantitative estimate of drug-likeness (QED) is 0.943. The van der Waals surface area contributed by atoms with Crippen LogP contribution in [0, 0.1) is 0 Å². The lowest BCUT2D eigenvalue weighted by molar-refractivity contribution is -0.130. The van der Waals surface area contributed by atoms with Gasteiger partial charge in [0.15, 0.2) is 0 Å². The summed E-state index contributed by atoms with van der Waals surface area (Å²) in [6.07, 6.45) is 0.281. The van der Waals surface area contributed by atoms with Gasteiger partial charge in [0.05, 0.1) is 6.10 Å². The van der Waals surface area contributed by atoms with Gasteiger partial charge in [-0.2, -0.15) is 0 Å². The number of benzene rings is 2. The minimum absolute atomic E-state index is 0.154. The molecule has 1 heterocycles. The molecule has 122 valence electrons. The molecule has 1 N–H and O–H groups in total. The Hall–Kier alpha value is -1.91. The molecule has 3 rings (SSSR count). The van der Waals surface area contributed by atoms with E-state index in [1.807, 2.05) is 23.1 Å². The van der Waals surface area contributed by atoms with Crippen LogP contribution in [0.3, 0.4) is 0 Å². The van der Waals surface area contributed by atoms with E-state index in [1.165, 1.54) is 10.8 Å². The van der Waals surface area contributed by atoms with Crippen LogP contribution in [0.25, 0.3) is 10.8 Å². The van der Waals surface area contributed by atoms with Gasteiger partial charge in [-0.05, 0) is 28.8 Å². The predicted octanol–water partition coefficient (Wildman–Crippen LogP) is 2.43. The number of amides is 1. The molecule has 0 aromatic heterocycles. The van der Waals surface area contributed by atoms with Crippen LogP contribution in [-0.4, -0.2) is 53.5 Å². The molecule has 4 heteroatoms. The Kier molecular flexibility index (Phi) is 4.94. The summed E-state index contributed by atoms with van der Waals surface area (Å²) in [5, 5.41) is 12.8. The van der Waals surface area contributed by atoms with Crippen molar-refractivity contribution < 1.29 is 9.90 Å². The zero-order valence-corrected chi connectivity index (χ0v) is 13.6. The molecule has 1 unspecified atom stereocenters. The molecule has 2 aromatic rings. The molecular formula is C19H24N2O2. The van der Waals surface area contributed by atoms with Crippen LogP contribution >= 0.6 is 0 Å². The number of aliphatic hydroxyl groups is 1. The highest BCUT2D eigenvalue weighted by Gasteiger charge is 2.19. The summed E-state index contributed by atoms with van der Waals surface area (Å²) < 4.78 is 0. The summed E-state index contributed by atoms with van der Waals surface area (Å²) in [5.41, 5.74) is 0.978. The van der Waals surface area contributed by atoms with Gasteiger partial charge in [-0.1, -0.05) is 36.4 Å². The predicted molar refractivity (Wildman–Crippen MR) is 92.2 cm³/mol. The molecule has 2 aromatic carbocycles. The second-order valence-electron chi connectivity index (χ2n) is 6.26. The van der Waals surface area contributed by atoms with Crippen molar-refractivity contribution in [2.45, 2.75) is 19.4 Å². The zero-order chi connectivity index (χ0) is 16.2. The second kappa shape index (κ2) is 7.11. The van der Waals surface area contributed by atoms with E-state index in [0.29, 0.717) is 0 Å². The van der Waals surface area contributed by atoms with E-state index in [1.54, 1.807) is 6.92 Å². The fourth-order valence-corrected chi connectivity index (χ4v) is 3.17. The van der Waals surface area contributed by atoms with Gasteiger partial charge in [0.2, 0.25) is 5.91 Å². The lowest BCUT2D eigenvalue weighted by Gasteiger charge is -2.34. The summed E-state index contributed by atoms with van der Waals surface area (Å²) in [7, 11) is 0. The van der Waals surface area contributed by atoms with Gasteiger partial charge in [-0.3, -0.25) is 9.69 Å². The summed E-state index contributed by atoms with van der Waals surface area (Å²) >= 11 is 0. The standard InChI is InChI=1S/C19H24N2O2/c1-15(22)21-12-10-20(11-13-21)9-8-19(23)18-7-6-16-4-2-3-5-17(16)14-18/h2-7,14,19,23H,8-13H2,1H3. The third kappa shape index (κ3) is 3.89. The van der Waals surface area contributed by atoms with Crippen molar-refractivity contribution in [2.24, 2.45) is 0 Å². The summed E-state index contributed by atoms with van der Waals surface area (Å²) in [4.78, 5) is 15.5. The molecule has 4 nitrogen and oxygen atoms in total. The Balaban J connectivity index is 1.54. The van der Waals surface area contributed by atoms with E-state index >= 15 is 0 Å². The van der Waals surface area contributed by atoms with E-state index in [2.05, 4.69) is 29.2 Å². The first-order valence-electron chi connectivity index (χ1n) is 8.28. The molecular weight excluding hydrogens is 288 g/mol. The van der Waals surface area contributed by atoms with E-state index in [0.717, 1.165) is 44.7 Å². The van der Waals surface area contributed by atoms with Crippen LogP contribution in [0.2, 0.25) is 0 Å². The molecule has 1 saturated heterocycles. The zero-order valence-electron chi connectivity index (χ0n) is 13.6. The van der Waals surface area contributed by atoms with Crippen LogP contribution < -0.4 is 0 Å². The summed E-state index contributed by atoms with van der Waals surface area (Å²) in [6, 6.07) is 14.4. The van der Waals surface area contributed by atoms with Crippen molar-refractivity contribution in [3.63, 3.8) is 0 Å². The lowest BCUT2D eigenvalue weighted by Crippen LogP contribution is -2.48. The average Bonchev–Trinajstić information content (AvgIpc) is 2.59. The van der Waals surface area contributed by atoms with Crippen molar-refractivity contribution in [3.05, 3.63) is 48.0 Å². The van der Waals surface area contributed by atoms with Gasteiger partial charge in [0, 0.05) is 39.6 Å². The molecule has 1 aliphatic rings. The van der Waals surface area contributed by atoms with Gasteiger partial charge >= 0.3 is 0 Å². The second-order valence-corrected chi connectivity index (χ2v) is 6.26. The van der Waals surface area contributed by atoms with Crippen molar-refractivity contribution in [1.29, 1.82) is 0 Å². The number of nitrogens with zero attached hydrogens (tertiary/aromatic N) is 2. The van der Waals surface area contributed by atoms with Gasteiger partial charge in [-0.15, -0.1) is 0 Å². The number of rotatable bonds is 4. The summed E-state index contributed by atoms with van der Waals surface area (Å²) in [6.45, 7) is 5.86. The van der Waals surface area contributed by atoms with Crippen LogP contribution in [-0.2, 0) is 4.79 Å². The maximum Gasteiger partial charge on any atom is 0.219 e. The molecule has 0 bridgehead atoms. The number of hydrogen-bond donors (Lipinski definition) is 1. The molecule has 23 heavy (non-hydrogen) atoms. The van der Waals surface area contributed by atoms with Crippen LogP contribution in [0.15, 0.2) is 42.5 Å². The third-order valence-corrected chi connectivity index (χ3v) is 4.69. The number of hydrogen-bond acceptors (Lipinski definition) is 3. The van der Waals surface area contributed by atoms with E-state index in [9.17, 15) is 9.90 Å². The molecule has 1 aliphatic heterocycles. The first kappa shape index (κ1) is 16.0. The first-order valence-corrected chi connectivity index (χ1v) is 8.28. The maximum atomic E-state index is 11.3. The number of carbonyl (C=O) groups excluding carboxylic acids is 1. The van der Waals surface area contributed by atoms with Gasteiger partial charge in [-0.25, -0.2) is 0 Å². The SMILES string of the molecule is CC(=O)N1CCN(CCC(O)c2ccc3ccccc3c2)CC1. The Morgan fingerprint density at radius 3 is 2.48 bits per heavy atom. The number of carbonyl (C=O) groups is 1. The van der Waals surface area contributed by atoms with E-state index < -0.39 is 6.10 Å². The maximum absolute atomic E-state index is 11.3. The fraction of sp³-hybridized carbons (Fsp3) is 0.421. The molecule has 0 aliphatic carbocycles. The van der Waals surface area contributed by atoms with Gasteiger partial charge < -0.3 is 10.0 Å². The first-order chi connectivity index (χ1) is 11.1. The monoisotopic (exact) mass is 312 g/mol. The lowest BCUT2D eigenvalue weighted by atomic mass is 10.0. The Morgan fingerprint density at radius 2 is 1.78 bits per heavy atom. The van der Waals surface area contributed by atoms with Crippen molar-refractivity contribution in [2.75, 3.05) is 32.7 Å². The van der Waals surface area contributed by atoms with Crippen molar-refractivity contribution >= 4 is 16.7 Å². The Bertz CT molecular complexity index is 678. The molecule has 0 saturated carbocycles. The molecule has 0 spiro atoms. The highest BCUT2D eigenvalue weighted by Crippen LogP contribution is 2.22. The third-order valence-electron chi connectivity index (χ3n) is 4.69. The normalized spacial score (nSPS) is 17.4. The largest absolute Gasteiger partial charge is 0.388 e. The van der Waals surface area contributed by atoms with Crippen LogP contribution in [0.4, 0.5) is 0 Å². The van der Waals surface area contributed by atoms with Crippen molar-refractivity contribution in [1.82, 2.24) is 9.80 Å².